The van der Waals surface area contributed by atoms with Crippen LogP contribution in [0.5, 0.6) is 11.5 Å². The first-order chi connectivity index (χ1) is 13.0. The number of hydrogen-bond acceptors (Lipinski definition) is 9. The Bertz CT molecular complexity index is 734. The van der Waals surface area contributed by atoms with Crippen molar-refractivity contribution in [3.05, 3.63) is 23.3 Å². The van der Waals surface area contributed by atoms with Crippen LogP contribution in [-0.2, 0) is 16.0 Å². The number of benzene rings is 1. The molecule has 0 bridgehead atoms. The summed E-state index contributed by atoms with van der Waals surface area (Å²) in [5.74, 6) is -2.32. The normalized spacial score (nSPS) is 16.8. The highest BCUT2D eigenvalue weighted by Crippen LogP contribution is 2.34. The van der Waals surface area contributed by atoms with Crippen LogP contribution in [0.25, 0.3) is 0 Å². The Labute approximate surface area is 162 Å². The summed E-state index contributed by atoms with van der Waals surface area (Å²) in [6.07, 6.45) is -0.261. The summed E-state index contributed by atoms with van der Waals surface area (Å²) in [5.41, 5.74) is 4.67. The van der Waals surface area contributed by atoms with Crippen LogP contribution in [0.4, 0.5) is 0 Å². The lowest BCUT2D eigenvalue weighted by Crippen LogP contribution is -2.62. The number of nitrogens with two attached hydrogens (primary N) is 1. The quantitative estimate of drug-likeness (QED) is 0.260. The van der Waals surface area contributed by atoms with Gasteiger partial charge in [0.2, 0.25) is 0 Å². The van der Waals surface area contributed by atoms with Crippen molar-refractivity contribution in [2.45, 2.75) is 31.3 Å². The molecule has 0 unspecified atom stereocenters. The van der Waals surface area contributed by atoms with Crippen LogP contribution in [0.3, 0.4) is 0 Å². The van der Waals surface area contributed by atoms with Crippen molar-refractivity contribution in [1.82, 2.24) is 4.90 Å². The van der Waals surface area contributed by atoms with Gasteiger partial charge < -0.3 is 35.5 Å². The van der Waals surface area contributed by atoms with E-state index < -0.39 is 30.3 Å². The van der Waals surface area contributed by atoms with Crippen molar-refractivity contribution in [3.63, 3.8) is 0 Å². The highest BCUT2D eigenvalue weighted by Gasteiger charge is 2.38. The molecule has 1 aromatic carbocycles. The molecule has 1 aliphatic rings. The fraction of sp³-hybridized carbons (Fsp3) is 0.529. The average Bonchev–Trinajstić information content (AvgIpc) is 2.57. The number of phenols is 1. The minimum absolute atomic E-state index is 0.0198. The van der Waals surface area contributed by atoms with Crippen LogP contribution in [0.15, 0.2) is 12.1 Å². The number of hydrogen-bond donors (Lipinski definition) is 5. The summed E-state index contributed by atoms with van der Waals surface area (Å²) in [6.45, 7) is 2.69. The van der Waals surface area contributed by atoms with Crippen LogP contribution in [0.1, 0.15) is 22.8 Å². The molecular weight excluding hydrogens is 371 g/mol. The van der Waals surface area contributed by atoms with Gasteiger partial charge in [0.15, 0.2) is 0 Å². The van der Waals surface area contributed by atoms with Gasteiger partial charge in [0, 0.05) is 19.6 Å². The largest absolute Gasteiger partial charge is 0.507 e. The van der Waals surface area contributed by atoms with Crippen LogP contribution in [-0.4, -0.2) is 82.6 Å². The molecule has 0 saturated carbocycles. The Morgan fingerprint density at radius 3 is 2.54 bits per heavy atom. The number of aromatic hydroxyl groups is 1. The number of rotatable bonds is 9. The van der Waals surface area contributed by atoms with E-state index in [1.165, 1.54) is 19.2 Å². The Morgan fingerprint density at radius 1 is 1.36 bits per heavy atom. The summed E-state index contributed by atoms with van der Waals surface area (Å²) in [7, 11) is -0.289. The molecule has 6 N–H and O–H groups in total. The van der Waals surface area contributed by atoms with Crippen molar-refractivity contribution in [2.75, 3.05) is 26.7 Å². The van der Waals surface area contributed by atoms with Crippen molar-refractivity contribution in [3.8, 4) is 11.5 Å². The van der Waals surface area contributed by atoms with E-state index in [2.05, 4.69) is 4.74 Å². The minimum Gasteiger partial charge on any atom is -0.507 e. The monoisotopic (exact) mass is 396 g/mol. The SMILES string of the molecule is COC(=O)[C@](C)(N)CN1CC(Oc2ccc(CCB(O)O)c(O)c2C(=O)O)C1. The maximum absolute atomic E-state index is 11.6. The van der Waals surface area contributed by atoms with Gasteiger partial charge in [0.25, 0.3) is 0 Å². The average molecular weight is 396 g/mol. The highest BCUT2D eigenvalue weighted by atomic mass is 16.5. The van der Waals surface area contributed by atoms with Gasteiger partial charge in [-0.1, -0.05) is 6.07 Å². The molecule has 154 valence electrons. The number of carbonyl (C=O) groups is 2. The molecule has 0 amide bonds. The number of methoxy groups -OCH3 is 1. The Balaban J connectivity index is 2.02. The van der Waals surface area contributed by atoms with E-state index in [0.717, 1.165) is 0 Å². The predicted octanol–water partition coefficient (Wildman–Crippen LogP) is -0.941. The van der Waals surface area contributed by atoms with Gasteiger partial charge in [-0.2, -0.15) is 0 Å². The molecule has 2 rings (SSSR count). The van der Waals surface area contributed by atoms with Gasteiger partial charge >= 0.3 is 19.1 Å². The van der Waals surface area contributed by atoms with E-state index >= 15 is 0 Å². The number of esters is 1. The van der Waals surface area contributed by atoms with Crippen molar-refractivity contribution in [1.29, 1.82) is 0 Å². The van der Waals surface area contributed by atoms with Crippen LogP contribution in [0.2, 0.25) is 6.32 Å². The second-order valence-corrected chi connectivity index (χ2v) is 7.11. The van der Waals surface area contributed by atoms with E-state index in [1.54, 1.807) is 6.92 Å². The summed E-state index contributed by atoms with van der Waals surface area (Å²) >= 11 is 0. The van der Waals surface area contributed by atoms with Crippen molar-refractivity contribution < 1.29 is 39.3 Å². The molecular formula is C17H25BN2O8. The van der Waals surface area contributed by atoms with Gasteiger partial charge in [0.1, 0.15) is 28.7 Å². The third kappa shape index (κ3) is 5.13. The zero-order chi connectivity index (χ0) is 21.1. The minimum atomic E-state index is -1.55. The molecule has 1 atom stereocenters. The van der Waals surface area contributed by atoms with Crippen LogP contribution in [0, 0.1) is 0 Å². The lowest BCUT2D eigenvalue weighted by Gasteiger charge is -2.42. The molecule has 11 heteroatoms. The lowest BCUT2D eigenvalue weighted by atomic mass is 9.82. The number of nitrogens with zero attached hydrogens (tertiary/aromatic N) is 1. The lowest BCUT2D eigenvalue weighted by molar-refractivity contribution is -0.148. The first kappa shape index (κ1) is 22.0. The Kier molecular flexibility index (Phi) is 6.89. The zero-order valence-electron chi connectivity index (χ0n) is 15.8. The molecule has 0 radical (unpaired) electrons. The Morgan fingerprint density at radius 2 is 2.00 bits per heavy atom. The van der Waals surface area contributed by atoms with Gasteiger partial charge in [-0.05, 0) is 31.3 Å². The van der Waals surface area contributed by atoms with E-state index in [0.29, 0.717) is 13.1 Å². The number of ether oxygens (including phenoxy) is 2. The molecule has 1 aliphatic heterocycles. The Hall–Kier alpha value is -2.34. The third-order valence-electron chi connectivity index (χ3n) is 4.53. The molecule has 0 aliphatic carbocycles. The van der Waals surface area contributed by atoms with Crippen molar-refractivity contribution >= 4 is 19.1 Å². The first-order valence-electron chi connectivity index (χ1n) is 8.75. The smallest absolute Gasteiger partial charge is 0.451 e. The third-order valence-corrected chi connectivity index (χ3v) is 4.53. The zero-order valence-corrected chi connectivity index (χ0v) is 15.8. The maximum atomic E-state index is 11.6. The molecule has 1 heterocycles. The van der Waals surface area contributed by atoms with Crippen LogP contribution < -0.4 is 10.5 Å². The van der Waals surface area contributed by atoms with Gasteiger partial charge in [-0.3, -0.25) is 9.69 Å². The number of likely N-dealkylation sites (tertiary alicyclic amines) is 1. The predicted molar refractivity (Wildman–Crippen MR) is 99.2 cm³/mol. The number of carbonyl (C=O) groups excluding carboxylic acids is 1. The van der Waals surface area contributed by atoms with E-state index in [-0.39, 0.29) is 42.3 Å². The molecule has 0 spiro atoms. The maximum Gasteiger partial charge on any atom is 0.451 e. The van der Waals surface area contributed by atoms with Gasteiger partial charge in [-0.25, -0.2) is 4.79 Å². The number of carboxylic acid groups (broad SMARTS) is 1. The highest BCUT2D eigenvalue weighted by molar-refractivity contribution is 6.41. The van der Waals surface area contributed by atoms with E-state index in [1.807, 2.05) is 4.90 Å². The number of aryl methyl sites for hydroxylation is 1. The summed E-state index contributed by atoms with van der Waals surface area (Å²) in [4.78, 5) is 25.1. The molecule has 0 aromatic heterocycles. The number of carboxylic acids is 1. The van der Waals surface area contributed by atoms with E-state index in [4.69, 9.17) is 20.5 Å². The van der Waals surface area contributed by atoms with E-state index in [9.17, 15) is 19.8 Å². The summed E-state index contributed by atoms with van der Waals surface area (Å²) < 4.78 is 10.4. The summed E-state index contributed by atoms with van der Waals surface area (Å²) in [5, 5.41) is 37.6. The first-order valence-corrected chi connectivity index (χ1v) is 8.75. The van der Waals surface area contributed by atoms with Gasteiger partial charge in [-0.15, -0.1) is 0 Å². The molecule has 10 nitrogen and oxygen atoms in total. The molecule has 1 aromatic rings. The topological polar surface area (TPSA) is 163 Å². The standard InChI is InChI=1S/C17H25BN2O8/c1-17(19,16(24)27-2)9-20-7-11(8-20)28-12-4-3-10(5-6-18(25)26)14(21)13(12)15(22)23/h3-4,11,21,25-26H,5-9,19H2,1-2H3,(H,22,23)/t17-/m1/s1. The molecule has 28 heavy (non-hydrogen) atoms. The molecule has 1 fully saturated rings. The second-order valence-electron chi connectivity index (χ2n) is 7.11. The molecule has 1 saturated heterocycles. The second kappa shape index (κ2) is 8.78. The fourth-order valence-electron chi connectivity index (χ4n) is 3.07. The van der Waals surface area contributed by atoms with Crippen molar-refractivity contribution in [2.24, 2.45) is 5.73 Å². The summed E-state index contributed by atoms with van der Waals surface area (Å²) in [6, 6.07) is 2.93. The number of aromatic carboxylic acids is 1. The van der Waals surface area contributed by atoms with Gasteiger partial charge in [0.05, 0.1) is 7.11 Å². The van der Waals surface area contributed by atoms with Crippen LogP contribution >= 0.6 is 0 Å². The fourth-order valence-corrected chi connectivity index (χ4v) is 3.07.